The number of anilines is 1. The molecule has 1 aromatic carbocycles. The molecule has 5 nitrogen and oxygen atoms in total. The Bertz CT molecular complexity index is 712. The summed E-state index contributed by atoms with van der Waals surface area (Å²) < 4.78 is 26.9. The highest BCUT2D eigenvalue weighted by Crippen LogP contribution is 2.21. The summed E-state index contributed by atoms with van der Waals surface area (Å²) in [7, 11) is -3.65. The molecule has 1 atom stereocenters. The number of hydrogen-bond donors (Lipinski definition) is 1. The molecule has 1 heterocycles. The molecule has 0 fully saturated rings. The predicted molar refractivity (Wildman–Crippen MR) is 82.7 cm³/mol. The number of hydrogen-bond acceptors (Lipinski definition) is 4. The average molecular weight is 305 g/mol. The lowest BCUT2D eigenvalue weighted by atomic mass is 9.99. The third-order valence-corrected chi connectivity index (χ3v) is 4.74. The van der Waals surface area contributed by atoms with E-state index in [0.717, 1.165) is 12.0 Å². The van der Waals surface area contributed by atoms with Crippen LogP contribution in [0.4, 0.5) is 5.95 Å². The van der Waals surface area contributed by atoms with E-state index in [2.05, 4.69) is 28.5 Å². The van der Waals surface area contributed by atoms with Gasteiger partial charge in [0.05, 0.1) is 4.90 Å². The van der Waals surface area contributed by atoms with Gasteiger partial charge in [-0.3, -0.25) is 0 Å². The summed E-state index contributed by atoms with van der Waals surface area (Å²) in [6, 6.07) is 8.62. The van der Waals surface area contributed by atoms with Crippen LogP contribution in [0.25, 0.3) is 0 Å². The van der Waals surface area contributed by atoms with Gasteiger partial charge in [-0.2, -0.15) is 0 Å². The molecule has 6 heteroatoms. The largest absolute Gasteiger partial charge is 0.264 e. The Balaban J connectivity index is 2.23. The number of nitrogens with zero attached hydrogens (tertiary/aromatic N) is 2. The summed E-state index contributed by atoms with van der Waals surface area (Å²) in [4.78, 5) is 8.16. The highest BCUT2D eigenvalue weighted by Gasteiger charge is 2.16. The van der Waals surface area contributed by atoms with E-state index in [0.29, 0.717) is 11.6 Å². The molecule has 0 unspecified atom stereocenters. The second-order valence-electron chi connectivity index (χ2n) is 5.01. The maximum absolute atomic E-state index is 12.3. The smallest absolute Gasteiger partial charge is 0.247 e. The van der Waals surface area contributed by atoms with Gasteiger partial charge in [-0.05, 0) is 43.0 Å². The van der Waals surface area contributed by atoms with Crippen LogP contribution in [0, 0.1) is 6.92 Å². The number of sulfonamides is 1. The first kappa shape index (κ1) is 15.4. The number of rotatable bonds is 5. The Kier molecular flexibility index (Phi) is 4.57. The fourth-order valence-corrected chi connectivity index (χ4v) is 2.84. The zero-order valence-corrected chi connectivity index (χ0v) is 13.2. The third-order valence-electron chi connectivity index (χ3n) is 3.39. The molecule has 0 bridgehead atoms. The van der Waals surface area contributed by atoms with E-state index in [-0.39, 0.29) is 10.8 Å². The van der Waals surface area contributed by atoms with Gasteiger partial charge in [-0.25, -0.2) is 23.1 Å². The molecule has 0 spiro atoms. The Morgan fingerprint density at radius 2 is 1.86 bits per heavy atom. The van der Waals surface area contributed by atoms with Gasteiger partial charge in [0.15, 0.2) is 0 Å². The Morgan fingerprint density at radius 1 is 1.19 bits per heavy atom. The molecule has 1 aromatic heterocycles. The minimum atomic E-state index is -3.65. The molecule has 0 saturated carbocycles. The highest BCUT2D eigenvalue weighted by atomic mass is 32.2. The van der Waals surface area contributed by atoms with Crippen molar-refractivity contribution in [3.05, 3.63) is 47.8 Å². The zero-order valence-electron chi connectivity index (χ0n) is 12.4. The summed E-state index contributed by atoms with van der Waals surface area (Å²) in [6.07, 6.45) is 2.54. The van der Waals surface area contributed by atoms with Gasteiger partial charge < -0.3 is 0 Å². The highest BCUT2D eigenvalue weighted by molar-refractivity contribution is 7.92. The van der Waals surface area contributed by atoms with Crippen LogP contribution in [0.2, 0.25) is 0 Å². The summed E-state index contributed by atoms with van der Waals surface area (Å²) in [5, 5.41) is 0. The van der Waals surface area contributed by atoms with Crippen molar-refractivity contribution >= 4 is 16.0 Å². The van der Waals surface area contributed by atoms with Crippen molar-refractivity contribution in [3.63, 3.8) is 0 Å². The molecule has 1 N–H and O–H groups in total. The standard InChI is InChI=1S/C15H19N3O2S/c1-4-11(2)13-5-7-14(8-6-13)21(19,20)18-15-16-10-9-12(3)17-15/h5-11H,4H2,1-3H3,(H,16,17,18)/t11-/m1/s1. The third kappa shape index (κ3) is 3.78. The normalized spacial score (nSPS) is 12.9. The SMILES string of the molecule is CC[C@@H](C)c1ccc(S(=O)(=O)Nc2nccc(C)n2)cc1. The van der Waals surface area contributed by atoms with Gasteiger partial charge in [0.1, 0.15) is 0 Å². The second-order valence-corrected chi connectivity index (χ2v) is 6.69. The molecule has 112 valence electrons. The maximum Gasteiger partial charge on any atom is 0.264 e. The van der Waals surface area contributed by atoms with E-state index in [1.807, 2.05) is 12.1 Å². The number of benzene rings is 1. The quantitative estimate of drug-likeness (QED) is 0.921. The topological polar surface area (TPSA) is 72.0 Å². The Labute approximate surface area is 125 Å². The van der Waals surface area contributed by atoms with Crippen LogP contribution in [0.3, 0.4) is 0 Å². The van der Waals surface area contributed by atoms with E-state index in [1.54, 1.807) is 25.1 Å². The summed E-state index contributed by atoms with van der Waals surface area (Å²) in [5.41, 5.74) is 1.83. The molecule has 0 aliphatic carbocycles. The van der Waals surface area contributed by atoms with Gasteiger partial charge in [-0.15, -0.1) is 0 Å². The Morgan fingerprint density at radius 3 is 2.43 bits per heavy atom. The van der Waals surface area contributed by atoms with E-state index >= 15 is 0 Å². The van der Waals surface area contributed by atoms with E-state index in [9.17, 15) is 8.42 Å². The summed E-state index contributed by atoms with van der Waals surface area (Å²) in [6.45, 7) is 5.99. The van der Waals surface area contributed by atoms with Gasteiger partial charge >= 0.3 is 0 Å². The molecule has 21 heavy (non-hydrogen) atoms. The molecule has 0 amide bonds. The van der Waals surface area contributed by atoms with Crippen molar-refractivity contribution in [1.29, 1.82) is 0 Å². The van der Waals surface area contributed by atoms with Crippen LogP contribution in [0.15, 0.2) is 41.4 Å². The van der Waals surface area contributed by atoms with Gasteiger partial charge in [-0.1, -0.05) is 26.0 Å². The van der Waals surface area contributed by atoms with E-state index in [4.69, 9.17) is 0 Å². The van der Waals surface area contributed by atoms with Crippen molar-refractivity contribution in [1.82, 2.24) is 9.97 Å². The lowest BCUT2D eigenvalue weighted by Gasteiger charge is -2.10. The molecule has 0 saturated heterocycles. The molecular weight excluding hydrogens is 286 g/mol. The first-order chi connectivity index (χ1) is 9.92. The van der Waals surface area contributed by atoms with Crippen LogP contribution >= 0.6 is 0 Å². The second kappa shape index (κ2) is 6.22. The van der Waals surface area contributed by atoms with Crippen LogP contribution < -0.4 is 4.72 Å². The predicted octanol–water partition coefficient (Wildman–Crippen LogP) is 3.10. The van der Waals surface area contributed by atoms with Crippen molar-refractivity contribution in [2.45, 2.75) is 38.0 Å². The summed E-state index contributed by atoms with van der Waals surface area (Å²) >= 11 is 0. The first-order valence-electron chi connectivity index (χ1n) is 6.85. The monoisotopic (exact) mass is 305 g/mol. The van der Waals surface area contributed by atoms with Crippen molar-refractivity contribution in [2.24, 2.45) is 0 Å². The fraction of sp³-hybridized carbons (Fsp3) is 0.333. The maximum atomic E-state index is 12.3. The van der Waals surface area contributed by atoms with E-state index < -0.39 is 10.0 Å². The molecule has 2 aromatic rings. The van der Waals surface area contributed by atoms with Crippen molar-refractivity contribution < 1.29 is 8.42 Å². The minimum absolute atomic E-state index is 0.0843. The number of nitrogens with one attached hydrogen (secondary N) is 1. The van der Waals surface area contributed by atoms with E-state index in [1.165, 1.54) is 6.20 Å². The average Bonchev–Trinajstić information content (AvgIpc) is 2.46. The lowest BCUT2D eigenvalue weighted by molar-refractivity contribution is 0.600. The van der Waals surface area contributed by atoms with Crippen LogP contribution in [-0.2, 0) is 10.0 Å². The van der Waals surface area contributed by atoms with Crippen LogP contribution in [0.1, 0.15) is 37.4 Å². The molecule has 0 aliphatic rings. The molecular formula is C15H19N3O2S. The summed E-state index contributed by atoms with van der Waals surface area (Å²) in [5.74, 6) is 0.496. The van der Waals surface area contributed by atoms with Crippen molar-refractivity contribution in [2.75, 3.05) is 4.72 Å². The number of aromatic nitrogens is 2. The molecule has 2 rings (SSSR count). The first-order valence-corrected chi connectivity index (χ1v) is 8.33. The molecule has 0 aliphatic heterocycles. The van der Waals surface area contributed by atoms with Gasteiger partial charge in [0, 0.05) is 11.9 Å². The van der Waals surface area contributed by atoms with Crippen molar-refractivity contribution in [3.8, 4) is 0 Å². The number of aryl methyl sites for hydroxylation is 1. The lowest BCUT2D eigenvalue weighted by Crippen LogP contribution is -2.15. The Hall–Kier alpha value is -1.95. The van der Waals surface area contributed by atoms with Gasteiger partial charge in [0.25, 0.3) is 10.0 Å². The van der Waals surface area contributed by atoms with Gasteiger partial charge in [0.2, 0.25) is 5.95 Å². The fourth-order valence-electron chi connectivity index (χ4n) is 1.89. The minimum Gasteiger partial charge on any atom is -0.247 e. The van der Waals surface area contributed by atoms with Crippen LogP contribution in [-0.4, -0.2) is 18.4 Å². The van der Waals surface area contributed by atoms with Crippen LogP contribution in [0.5, 0.6) is 0 Å². The molecule has 0 radical (unpaired) electrons. The zero-order chi connectivity index (χ0) is 15.5.